The van der Waals surface area contributed by atoms with Gasteiger partial charge in [0.2, 0.25) is 5.91 Å². The van der Waals surface area contributed by atoms with E-state index in [9.17, 15) is 9.59 Å². The second-order valence-electron chi connectivity index (χ2n) is 5.46. The number of amides is 1. The molecule has 3 nitrogen and oxygen atoms in total. The van der Waals surface area contributed by atoms with E-state index in [2.05, 4.69) is 20.8 Å². The van der Waals surface area contributed by atoms with Gasteiger partial charge in [0.05, 0.1) is 13.0 Å². The van der Waals surface area contributed by atoms with Crippen LogP contribution in [0.1, 0.15) is 32.8 Å². The first-order chi connectivity index (χ1) is 7.89. The van der Waals surface area contributed by atoms with Gasteiger partial charge in [0, 0.05) is 5.69 Å². The monoisotopic (exact) mass is 231 g/mol. The fourth-order valence-electron chi connectivity index (χ4n) is 2.15. The van der Waals surface area contributed by atoms with Crippen LogP contribution in [0.25, 0.3) is 0 Å². The third-order valence-electron chi connectivity index (χ3n) is 2.99. The van der Waals surface area contributed by atoms with Gasteiger partial charge in [-0.3, -0.25) is 9.59 Å². The van der Waals surface area contributed by atoms with Crippen LogP contribution in [-0.4, -0.2) is 18.2 Å². The Morgan fingerprint density at radius 1 is 1.12 bits per heavy atom. The molecule has 0 bridgehead atoms. The zero-order valence-corrected chi connectivity index (χ0v) is 10.5. The molecule has 0 atom stereocenters. The molecule has 0 spiro atoms. The molecule has 1 aliphatic rings. The predicted octanol–water partition coefficient (Wildman–Crippen LogP) is 2.29. The van der Waals surface area contributed by atoms with Crippen molar-refractivity contribution in [1.29, 1.82) is 0 Å². The molecule has 1 aromatic rings. The summed E-state index contributed by atoms with van der Waals surface area (Å²) < 4.78 is 0. The van der Waals surface area contributed by atoms with Gasteiger partial charge >= 0.3 is 0 Å². The second-order valence-corrected chi connectivity index (χ2v) is 5.46. The van der Waals surface area contributed by atoms with Gasteiger partial charge in [0.15, 0.2) is 5.78 Å². The van der Waals surface area contributed by atoms with Gasteiger partial charge in [0.25, 0.3) is 0 Å². The maximum atomic E-state index is 11.8. The van der Waals surface area contributed by atoms with Gasteiger partial charge in [-0.25, -0.2) is 0 Å². The van der Waals surface area contributed by atoms with Crippen molar-refractivity contribution in [3.05, 3.63) is 29.8 Å². The van der Waals surface area contributed by atoms with Gasteiger partial charge < -0.3 is 4.90 Å². The van der Waals surface area contributed by atoms with E-state index < -0.39 is 0 Å². The molecule has 1 saturated heterocycles. The van der Waals surface area contributed by atoms with E-state index in [0.29, 0.717) is 0 Å². The number of rotatable bonds is 1. The van der Waals surface area contributed by atoms with Crippen molar-refractivity contribution < 1.29 is 9.59 Å². The van der Waals surface area contributed by atoms with E-state index >= 15 is 0 Å². The average molecular weight is 231 g/mol. The molecule has 0 aliphatic carbocycles. The Morgan fingerprint density at radius 3 is 2.29 bits per heavy atom. The Bertz CT molecular complexity index is 471. The molecule has 1 aliphatic heterocycles. The highest BCUT2D eigenvalue weighted by molar-refractivity contribution is 6.15. The molecule has 0 saturated carbocycles. The predicted molar refractivity (Wildman–Crippen MR) is 67.1 cm³/mol. The van der Waals surface area contributed by atoms with Crippen LogP contribution < -0.4 is 4.90 Å². The van der Waals surface area contributed by atoms with Crippen molar-refractivity contribution in [1.82, 2.24) is 0 Å². The summed E-state index contributed by atoms with van der Waals surface area (Å²) in [5, 5.41) is 0. The topological polar surface area (TPSA) is 37.4 Å². The SMILES string of the molecule is CC(C)(C)c1ccccc1N1CC(=O)CC1=O. The van der Waals surface area contributed by atoms with Crippen LogP contribution >= 0.6 is 0 Å². The number of Topliss-reactive ketones (excluding diaryl/α,β-unsaturated/α-hetero) is 1. The number of hydrogen-bond donors (Lipinski definition) is 0. The van der Waals surface area contributed by atoms with Crippen LogP contribution in [0.3, 0.4) is 0 Å². The Labute approximate surface area is 101 Å². The normalized spacial score (nSPS) is 16.8. The zero-order chi connectivity index (χ0) is 12.6. The van der Waals surface area contributed by atoms with E-state index in [0.717, 1.165) is 11.3 Å². The average Bonchev–Trinajstić information content (AvgIpc) is 2.56. The molecule has 0 N–H and O–H groups in total. The highest BCUT2D eigenvalue weighted by Gasteiger charge is 2.31. The summed E-state index contributed by atoms with van der Waals surface area (Å²) in [5.41, 5.74) is 1.93. The number of carbonyl (C=O) groups is 2. The molecule has 1 aromatic carbocycles. The standard InChI is InChI=1S/C14H17NO2/c1-14(2,3)11-6-4-5-7-12(11)15-9-10(16)8-13(15)17/h4-7H,8-9H2,1-3H3. The highest BCUT2D eigenvalue weighted by atomic mass is 16.2. The van der Waals surface area contributed by atoms with Crippen molar-refractivity contribution in [3.63, 3.8) is 0 Å². The first-order valence-electron chi connectivity index (χ1n) is 5.81. The van der Waals surface area contributed by atoms with Crippen LogP contribution in [0.5, 0.6) is 0 Å². The van der Waals surface area contributed by atoms with E-state index in [1.807, 2.05) is 24.3 Å². The van der Waals surface area contributed by atoms with Crippen molar-refractivity contribution in [2.45, 2.75) is 32.6 Å². The number of benzene rings is 1. The minimum atomic E-state index is -0.0910. The Balaban J connectivity index is 2.46. The molecular formula is C14H17NO2. The lowest BCUT2D eigenvalue weighted by Gasteiger charge is -2.26. The third kappa shape index (κ3) is 2.23. The third-order valence-corrected chi connectivity index (χ3v) is 2.99. The number of para-hydroxylation sites is 1. The van der Waals surface area contributed by atoms with Crippen molar-refractivity contribution in [2.24, 2.45) is 0 Å². The second kappa shape index (κ2) is 3.99. The quantitative estimate of drug-likeness (QED) is 0.695. The first-order valence-corrected chi connectivity index (χ1v) is 5.81. The minimum absolute atomic E-state index is 0.00119. The largest absolute Gasteiger partial charge is 0.304 e. The van der Waals surface area contributed by atoms with Crippen molar-refractivity contribution in [2.75, 3.05) is 11.4 Å². The molecule has 1 fully saturated rings. The van der Waals surface area contributed by atoms with Crippen LogP contribution in [0.2, 0.25) is 0 Å². The Hall–Kier alpha value is -1.64. The highest BCUT2D eigenvalue weighted by Crippen LogP contribution is 2.33. The van der Waals surface area contributed by atoms with Crippen LogP contribution in [-0.2, 0) is 15.0 Å². The fourth-order valence-corrected chi connectivity index (χ4v) is 2.15. The molecule has 0 radical (unpaired) electrons. The van der Waals surface area contributed by atoms with Gasteiger partial charge in [-0.1, -0.05) is 39.0 Å². The molecule has 17 heavy (non-hydrogen) atoms. The number of carbonyl (C=O) groups excluding carboxylic acids is 2. The van der Waals surface area contributed by atoms with Gasteiger partial charge in [-0.05, 0) is 17.0 Å². The van der Waals surface area contributed by atoms with Gasteiger partial charge in [-0.2, -0.15) is 0 Å². The molecule has 0 unspecified atom stereocenters. The number of anilines is 1. The van der Waals surface area contributed by atoms with Crippen LogP contribution in [0.4, 0.5) is 5.69 Å². The number of nitrogens with zero attached hydrogens (tertiary/aromatic N) is 1. The van der Waals surface area contributed by atoms with Gasteiger partial charge in [0.1, 0.15) is 0 Å². The molecule has 2 rings (SSSR count). The number of hydrogen-bond acceptors (Lipinski definition) is 2. The molecule has 0 aromatic heterocycles. The summed E-state index contributed by atoms with van der Waals surface area (Å²) in [6, 6.07) is 7.80. The summed E-state index contributed by atoms with van der Waals surface area (Å²) in [6.45, 7) is 6.53. The summed E-state index contributed by atoms with van der Waals surface area (Å²) in [7, 11) is 0. The summed E-state index contributed by atoms with van der Waals surface area (Å²) in [6.07, 6.45) is 0.0402. The number of ketones is 1. The molecule has 1 heterocycles. The maximum Gasteiger partial charge on any atom is 0.234 e. The molecule has 3 heteroatoms. The van der Waals surface area contributed by atoms with Gasteiger partial charge in [-0.15, -0.1) is 0 Å². The smallest absolute Gasteiger partial charge is 0.234 e. The minimum Gasteiger partial charge on any atom is -0.304 e. The summed E-state index contributed by atoms with van der Waals surface area (Å²) in [5.74, 6) is -0.0922. The van der Waals surface area contributed by atoms with E-state index in [1.54, 1.807) is 4.90 Å². The van der Waals surface area contributed by atoms with Crippen LogP contribution in [0.15, 0.2) is 24.3 Å². The van der Waals surface area contributed by atoms with Crippen molar-refractivity contribution in [3.8, 4) is 0 Å². The lowest BCUT2D eigenvalue weighted by atomic mass is 9.85. The van der Waals surface area contributed by atoms with E-state index in [1.165, 1.54) is 0 Å². The van der Waals surface area contributed by atoms with E-state index in [-0.39, 0.29) is 30.1 Å². The molecule has 1 amide bonds. The lowest BCUT2D eigenvalue weighted by molar-refractivity contribution is -0.121. The first kappa shape index (κ1) is 11.8. The summed E-state index contributed by atoms with van der Waals surface area (Å²) in [4.78, 5) is 24.7. The molecular weight excluding hydrogens is 214 g/mol. The maximum absolute atomic E-state index is 11.8. The van der Waals surface area contributed by atoms with Crippen molar-refractivity contribution >= 4 is 17.4 Å². The Morgan fingerprint density at radius 2 is 1.76 bits per heavy atom. The zero-order valence-electron chi connectivity index (χ0n) is 10.5. The summed E-state index contributed by atoms with van der Waals surface area (Å²) >= 11 is 0. The van der Waals surface area contributed by atoms with E-state index in [4.69, 9.17) is 0 Å². The fraction of sp³-hybridized carbons (Fsp3) is 0.429. The molecule has 90 valence electrons. The van der Waals surface area contributed by atoms with Crippen LogP contribution in [0, 0.1) is 0 Å². The Kier molecular flexibility index (Phi) is 2.77. The lowest BCUT2D eigenvalue weighted by Crippen LogP contribution is -2.28.